The Morgan fingerprint density at radius 2 is 1.85 bits per heavy atom. The smallest absolute Gasteiger partial charge is 0.165 e. The van der Waals surface area contributed by atoms with Gasteiger partial charge in [0.25, 0.3) is 0 Å². The summed E-state index contributed by atoms with van der Waals surface area (Å²) in [5, 5.41) is 0. The summed E-state index contributed by atoms with van der Waals surface area (Å²) in [6.07, 6.45) is 1.78. The predicted octanol–water partition coefficient (Wildman–Crippen LogP) is 2.24. The van der Waals surface area contributed by atoms with Gasteiger partial charge in [0.15, 0.2) is 11.5 Å². The maximum absolute atomic E-state index is 6.31. The number of hydrogen-bond donors (Lipinski definition) is 3. The van der Waals surface area contributed by atoms with E-state index in [0.717, 1.165) is 43.1 Å². The molecule has 144 valence electrons. The number of ether oxygens (including phenoxy) is 3. The number of nitrogen functional groups attached to an aromatic ring is 2. The number of hydrogen-bond acceptors (Lipinski definition) is 7. The summed E-state index contributed by atoms with van der Waals surface area (Å²) in [7, 11) is 4.99. The lowest BCUT2D eigenvalue weighted by molar-refractivity contribution is 0.158. The van der Waals surface area contributed by atoms with Crippen molar-refractivity contribution in [3.05, 3.63) is 40.5 Å². The number of anilines is 2. The van der Waals surface area contributed by atoms with Crippen LogP contribution in [0.1, 0.15) is 28.3 Å². The lowest BCUT2D eigenvalue weighted by Gasteiger charge is -2.43. The van der Waals surface area contributed by atoms with Gasteiger partial charge in [0, 0.05) is 24.7 Å². The predicted molar refractivity (Wildman–Crippen MR) is 105 cm³/mol. The first-order valence-corrected chi connectivity index (χ1v) is 9.05. The van der Waals surface area contributed by atoms with Crippen molar-refractivity contribution in [3.63, 3.8) is 0 Å². The second-order valence-electron chi connectivity index (χ2n) is 6.96. The van der Waals surface area contributed by atoms with Crippen LogP contribution in [-0.2, 0) is 19.4 Å². The zero-order valence-electron chi connectivity index (χ0n) is 16.0. The van der Waals surface area contributed by atoms with Crippen molar-refractivity contribution in [2.45, 2.75) is 25.4 Å². The topological polar surface area (TPSA) is 95.0 Å². The fourth-order valence-corrected chi connectivity index (χ4v) is 4.48. The van der Waals surface area contributed by atoms with Crippen molar-refractivity contribution in [1.82, 2.24) is 4.90 Å². The zero-order chi connectivity index (χ0) is 19.1. The molecule has 0 aliphatic carbocycles. The van der Waals surface area contributed by atoms with Crippen LogP contribution in [0.15, 0.2) is 18.2 Å². The Bertz CT molecular complexity index is 884. The van der Waals surface area contributed by atoms with Gasteiger partial charge in [-0.05, 0) is 41.7 Å². The third-order valence-corrected chi connectivity index (χ3v) is 5.78. The Morgan fingerprint density at radius 3 is 2.52 bits per heavy atom. The molecule has 2 aromatic rings. The normalized spacial score (nSPS) is 18.1. The molecular weight excluding hydrogens is 344 g/mol. The molecule has 2 aliphatic heterocycles. The summed E-state index contributed by atoms with van der Waals surface area (Å²) in [4.78, 5) is 2.46. The van der Waals surface area contributed by atoms with Crippen molar-refractivity contribution in [3.8, 4) is 17.2 Å². The molecule has 0 aromatic heterocycles. The molecule has 2 aliphatic rings. The van der Waals surface area contributed by atoms with Crippen LogP contribution in [0.25, 0.3) is 0 Å². The number of hydrazine groups is 1. The molecule has 2 heterocycles. The maximum atomic E-state index is 6.31. The van der Waals surface area contributed by atoms with Gasteiger partial charge in [-0.2, -0.15) is 0 Å². The van der Waals surface area contributed by atoms with Crippen molar-refractivity contribution in [1.29, 1.82) is 0 Å². The van der Waals surface area contributed by atoms with Crippen LogP contribution in [0, 0.1) is 0 Å². The van der Waals surface area contributed by atoms with Gasteiger partial charge >= 0.3 is 0 Å². The van der Waals surface area contributed by atoms with Gasteiger partial charge in [-0.25, -0.2) is 0 Å². The molecule has 1 atom stereocenters. The molecule has 0 amide bonds. The highest BCUT2D eigenvalue weighted by Crippen LogP contribution is 2.48. The number of fused-ring (bicyclic) bond motifs is 4. The van der Waals surface area contributed by atoms with Crippen LogP contribution < -0.4 is 31.2 Å². The van der Waals surface area contributed by atoms with Gasteiger partial charge in [-0.15, -0.1) is 0 Å². The summed E-state index contributed by atoms with van der Waals surface area (Å²) in [6, 6.07) is 6.36. The number of nitrogens with one attached hydrogen (secondary N) is 1. The largest absolute Gasteiger partial charge is 0.495 e. The Balaban J connectivity index is 1.82. The monoisotopic (exact) mass is 370 g/mol. The van der Waals surface area contributed by atoms with Gasteiger partial charge in [0.2, 0.25) is 0 Å². The van der Waals surface area contributed by atoms with Gasteiger partial charge in [-0.3, -0.25) is 10.7 Å². The molecule has 7 nitrogen and oxygen atoms in total. The summed E-state index contributed by atoms with van der Waals surface area (Å²) < 4.78 is 16.6. The SMILES string of the molecule is COc1cc2c(c(NN)c1N)C1Cc3ccc(OC)c(OC)c3CN1CC2. The zero-order valence-corrected chi connectivity index (χ0v) is 16.0. The third kappa shape index (κ3) is 2.65. The minimum Gasteiger partial charge on any atom is -0.495 e. The molecule has 0 bridgehead atoms. The third-order valence-electron chi connectivity index (χ3n) is 5.78. The first-order chi connectivity index (χ1) is 13.1. The van der Waals surface area contributed by atoms with E-state index in [2.05, 4.69) is 16.4 Å². The Kier molecular flexibility index (Phi) is 4.49. The minimum atomic E-state index is 0.207. The van der Waals surface area contributed by atoms with Gasteiger partial charge < -0.3 is 25.4 Å². The quantitative estimate of drug-likeness (QED) is 0.431. The van der Waals surface area contributed by atoms with E-state index in [1.807, 2.05) is 12.1 Å². The molecule has 4 rings (SSSR count). The van der Waals surface area contributed by atoms with Crippen LogP contribution in [0.3, 0.4) is 0 Å². The summed E-state index contributed by atoms with van der Waals surface area (Å²) in [6.45, 7) is 1.75. The highest BCUT2D eigenvalue weighted by Gasteiger charge is 2.36. The molecule has 5 N–H and O–H groups in total. The highest BCUT2D eigenvalue weighted by atomic mass is 16.5. The molecule has 1 unspecified atom stereocenters. The maximum Gasteiger partial charge on any atom is 0.165 e. The summed E-state index contributed by atoms with van der Waals surface area (Å²) >= 11 is 0. The Labute approximate surface area is 159 Å². The van der Waals surface area contributed by atoms with Crippen LogP contribution in [0.4, 0.5) is 11.4 Å². The number of benzene rings is 2. The molecule has 7 heteroatoms. The average Bonchev–Trinajstić information content (AvgIpc) is 2.70. The second-order valence-corrected chi connectivity index (χ2v) is 6.96. The second kappa shape index (κ2) is 6.83. The van der Waals surface area contributed by atoms with Gasteiger partial charge in [0.1, 0.15) is 5.75 Å². The van der Waals surface area contributed by atoms with Crippen molar-refractivity contribution < 1.29 is 14.2 Å². The van der Waals surface area contributed by atoms with Gasteiger partial charge in [-0.1, -0.05) is 6.07 Å². The molecule has 0 saturated heterocycles. The molecule has 0 fully saturated rings. The van der Waals surface area contributed by atoms with Crippen molar-refractivity contribution in [2.24, 2.45) is 5.84 Å². The molecule has 0 spiro atoms. The molecular formula is C20H26N4O3. The van der Waals surface area contributed by atoms with E-state index in [-0.39, 0.29) is 6.04 Å². The average molecular weight is 370 g/mol. The molecule has 2 aromatic carbocycles. The fraction of sp³-hybridized carbons (Fsp3) is 0.400. The molecule has 0 saturated carbocycles. The van der Waals surface area contributed by atoms with Crippen molar-refractivity contribution >= 4 is 11.4 Å². The van der Waals surface area contributed by atoms with E-state index in [1.165, 1.54) is 22.3 Å². The lowest BCUT2D eigenvalue weighted by atomic mass is 9.82. The summed E-state index contributed by atoms with van der Waals surface area (Å²) in [5.74, 6) is 8.12. The Hall–Kier alpha value is -2.64. The summed E-state index contributed by atoms with van der Waals surface area (Å²) in [5.41, 5.74) is 15.3. The highest BCUT2D eigenvalue weighted by molar-refractivity contribution is 5.79. The van der Waals surface area contributed by atoms with Crippen LogP contribution in [0.5, 0.6) is 17.2 Å². The van der Waals surface area contributed by atoms with Gasteiger partial charge in [0.05, 0.1) is 32.7 Å². The Morgan fingerprint density at radius 1 is 1.07 bits per heavy atom. The first-order valence-electron chi connectivity index (χ1n) is 9.05. The molecule has 0 radical (unpaired) electrons. The lowest BCUT2D eigenvalue weighted by Crippen LogP contribution is -2.40. The van der Waals surface area contributed by atoms with E-state index >= 15 is 0 Å². The first kappa shape index (κ1) is 17.8. The van der Waals surface area contributed by atoms with Crippen LogP contribution in [-0.4, -0.2) is 32.8 Å². The van der Waals surface area contributed by atoms with E-state index in [1.54, 1.807) is 21.3 Å². The standard InChI is InChI=1S/C20H26N4O3/c1-25-15-5-4-11-8-14-17-12(9-16(26-2)18(21)19(17)23-22)6-7-24(14)10-13(11)20(15)27-3/h4-5,9,14,23H,6-8,10,21-22H2,1-3H3. The van der Waals surface area contributed by atoms with E-state index in [0.29, 0.717) is 11.4 Å². The number of rotatable bonds is 4. The van der Waals surface area contributed by atoms with E-state index < -0.39 is 0 Å². The van der Waals surface area contributed by atoms with Crippen LogP contribution in [0.2, 0.25) is 0 Å². The van der Waals surface area contributed by atoms with Crippen molar-refractivity contribution in [2.75, 3.05) is 39.0 Å². The number of nitrogens with zero attached hydrogens (tertiary/aromatic N) is 1. The minimum absolute atomic E-state index is 0.207. The van der Waals surface area contributed by atoms with E-state index in [9.17, 15) is 0 Å². The van der Waals surface area contributed by atoms with E-state index in [4.69, 9.17) is 25.8 Å². The number of nitrogens with two attached hydrogens (primary N) is 2. The fourth-order valence-electron chi connectivity index (χ4n) is 4.48. The number of methoxy groups -OCH3 is 3. The molecule has 27 heavy (non-hydrogen) atoms. The van der Waals surface area contributed by atoms with Crippen LogP contribution >= 0.6 is 0 Å².